The first-order valence-electron chi connectivity index (χ1n) is 5.13. The van der Waals surface area contributed by atoms with E-state index < -0.39 is 5.97 Å². The molecule has 16 heavy (non-hydrogen) atoms. The van der Waals surface area contributed by atoms with Gasteiger partial charge in [-0.05, 0) is 32.0 Å². The zero-order valence-electron chi connectivity index (χ0n) is 9.45. The van der Waals surface area contributed by atoms with Crippen LogP contribution in [0.5, 0.6) is 0 Å². The van der Waals surface area contributed by atoms with Gasteiger partial charge in [-0.1, -0.05) is 6.07 Å². The van der Waals surface area contributed by atoms with Gasteiger partial charge in [0.05, 0.1) is 5.56 Å². The lowest BCUT2D eigenvalue weighted by Gasteiger charge is -2.12. The fraction of sp³-hybridized carbons (Fsp3) is 0.308. The van der Waals surface area contributed by atoms with E-state index in [4.69, 9.17) is 5.11 Å². The number of nitrogens with one attached hydrogen (secondary N) is 1. The number of hydrogen-bond acceptors (Lipinski definition) is 2. The summed E-state index contributed by atoms with van der Waals surface area (Å²) < 4.78 is 0. The van der Waals surface area contributed by atoms with Gasteiger partial charge in [0.2, 0.25) is 0 Å². The third-order valence-electron chi connectivity index (χ3n) is 2.11. The first-order valence-corrected chi connectivity index (χ1v) is 5.13. The minimum Gasteiger partial charge on any atom is -0.478 e. The fourth-order valence-electron chi connectivity index (χ4n) is 1.33. The molecule has 0 amide bonds. The highest BCUT2D eigenvalue weighted by atomic mass is 16.4. The maximum Gasteiger partial charge on any atom is 0.335 e. The summed E-state index contributed by atoms with van der Waals surface area (Å²) in [4.78, 5) is 10.8. The van der Waals surface area contributed by atoms with Gasteiger partial charge in [-0.2, -0.15) is 0 Å². The summed E-state index contributed by atoms with van der Waals surface area (Å²) in [6.07, 6.45) is 0.744. The van der Waals surface area contributed by atoms with Crippen molar-refractivity contribution in [3.63, 3.8) is 0 Å². The van der Waals surface area contributed by atoms with Crippen LogP contribution in [-0.2, 0) is 0 Å². The number of aromatic carboxylic acids is 1. The van der Waals surface area contributed by atoms with Crippen molar-refractivity contribution in [1.29, 1.82) is 0 Å². The lowest BCUT2D eigenvalue weighted by Crippen LogP contribution is -2.14. The third-order valence-corrected chi connectivity index (χ3v) is 2.11. The number of anilines is 1. The maximum absolute atomic E-state index is 10.8. The Hall–Kier alpha value is -1.95. The van der Waals surface area contributed by atoms with Gasteiger partial charge in [0, 0.05) is 18.2 Å². The van der Waals surface area contributed by atoms with E-state index in [2.05, 4.69) is 17.2 Å². The van der Waals surface area contributed by atoms with Crippen molar-refractivity contribution in [2.75, 3.05) is 5.32 Å². The third kappa shape index (κ3) is 3.66. The second-order valence-corrected chi connectivity index (χ2v) is 3.56. The summed E-state index contributed by atoms with van der Waals surface area (Å²) in [5.41, 5.74) is 1.10. The predicted octanol–water partition coefficient (Wildman–Crippen LogP) is 2.60. The van der Waals surface area contributed by atoms with Crippen molar-refractivity contribution in [3.8, 4) is 11.8 Å². The van der Waals surface area contributed by atoms with Gasteiger partial charge in [0.15, 0.2) is 0 Å². The number of carboxylic acids is 1. The Morgan fingerprint density at radius 2 is 2.31 bits per heavy atom. The number of rotatable bonds is 4. The highest BCUT2D eigenvalue weighted by Gasteiger charge is 2.04. The molecule has 1 aromatic carbocycles. The standard InChI is InChI=1S/C13H15NO2/c1-3-4-6-10(2)14-12-8-5-7-11(9-12)13(15)16/h5,7-10,14H,6H2,1-2H3,(H,15,16). The van der Waals surface area contributed by atoms with Crippen molar-refractivity contribution in [1.82, 2.24) is 0 Å². The Morgan fingerprint density at radius 3 is 2.94 bits per heavy atom. The lowest BCUT2D eigenvalue weighted by molar-refractivity contribution is 0.0697. The van der Waals surface area contributed by atoms with Crippen LogP contribution >= 0.6 is 0 Å². The molecule has 1 rings (SSSR count). The Kier molecular flexibility index (Phi) is 4.41. The second kappa shape index (κ2) is 5.82. The van der Waals surface area contributed by atoms with Gasteiger partial charge in [0.1, 0.15) is 0 Å². The molecule has 0 aliphatic rings. The van der Waals surface area contributed by atoms with Gasteiger partial charge in [-0.3, -0.25) is 0 Å². The molecule has 0 heterocycles. The lowest BCUT2D eigenvalue weighted by atomic mass is 10.1. The first-order chi connectivity index (χ1) is 7.63. The molecule has 0 radical (unpaired) electrons. The van der Waals surface area contributed by atoms with Crippen molar-refractivity contribution in [2.24, 2.45) is 0 Å². The average molecular weight is 217 g/mol. The van der Waals surface area contributed by atoms with E-state index in [1.807, 2.05) is 13.0 Å². The van der Waals surface area contributed by atoms with Crippen molar-refractivity contribution < 1.29 is 9.90 Å². The van der Waals surface area contributed by atoms with Gasteiger partial charge in [0.25, 0.3) is 0 Å². The quantitative estimate of drug-likeness (QED) is 0.762. The first kappa shape index (κ1) is 12.1. The van der Waals surface area contributed by atoms with Gasteiger partial charge in [-0.15, -0.1) is 11.8 Å². The van der Waals surface area contributed by atoms with Crippen LogP contribution < -0.4 is 5.32 Å². The second-order valence-electron chi connectivity index (χ2n) is 3.56. The van der Waals surface area contributed by atoms with Crippen LogP contribution in [0.1, 0.15) is 30.6 Å². The molecule has 1 atom stereocenters. The molecule has 3 nitrogen and oxygen atoms in total. The van der Waals surface area contributed by atoms with Crippen molar-refractivity contribution in [2.45, 2.75) is 26.3 Å². The molecule has 1 unspecified atom stereocenters. The maximum atomic E-state index is 10.8. The summed E-state index contributed by atoms with van der Waals surface area (Å²) in [6.45, 7) is 3.82. The molecule has 0 fully saturated rings. The van der Waals surface area contributed by atoms with Gasteiger partial charge < -0.3 is 10.4 Å². The Bertz CT molecular complexity index is 429. The molecular formula is C13H15NO2. The van der Waals surface area contributed by atoms with Crippen LogP contribution in [0, 0.1) is 11.8 Å². The zero-order valence-corrected chi connectivity index (χ0v) is 9.45. The van der Waals surface area contributed by atoms with E-state index in [1.165, 1.54) is 0 Å². The van der Waals surface area contributed by atoms with Crippen LogP contribution in [0.3, 0.4) is 0 Å². The summed E-state index contributed by atoms with van der Waals surface area (Å²) in [7, 11) is 0. The highest BCUT2D eigenvalue weighted by Crippen LogP contribution is 2.12. The molecule has 1 aromatic rings. The van der Waals surface area contributed by atoms with E-state index in [0.29, 0.717) is 5.56 Å². The van der Waals surface area contributed by atoms with Crippen LogP contribution in [0.15, 0.2) is 24.3 Å². The van der Waals surface area contributed by atoms with Crippen molar-refractivity contribution in [3.05, 3.63) is 29.8 Å². The SMILES string of the molecule is CC#CCC(C)Nc1cccc(C(=O)O)c1. The minimum absolute atomic E-state index is 0.205. The monoisotopic (exact) mass is 217 g/mol. The number of carbonyl (C=O) groups is 1. The smallest absolute Gasteiger partial charge is 0.335 e. The van der Waals surface area contributed by atoms with E-state index >= 15 is 0 Å². The normalized spacial score (nSPS) is 11.1. The predicted molar refractivity (Wildman–Crippen MR) is 64.6 cm³/mol. The Balaban J connectivity index is 2.68. The molecule has 84 valence electrons. The van der Waals surface area contributed by atoms with E-state index in [-0.39, 0.29) is 6.04 Å². The molecule has 0 aromatic heterocycles. The fourth-order valence-corrected chi connectivity index (χ4v) is 1.33. The summed E-state index contributed by atoms with van der Waals surface area (Å²) in [5, 5.41) is 12.0. The van der Waals surface area contributed by atoms with Crippen LogP contribution in [0.25, 0.3) is 0 Å². The molecule has 0 saturated carbocycles. The van der Waals surface area contributed by atoms with Crippen LogP contribution in [0.2, 0.25) is 0 Å². The van der Waals surface area contributed by atoms with Gasteiger partial charge >= 0.3 is 5.97 Å². The summed E-state index contributed by atoms with van der Waals surface area (Å²) >= 11 is 0. The molecule has 0 bridgehead atoms. The van der Waals surface area contributed by atoms with E-state index in [9.17, 15) is 4.79 Å². The van der Waals surface area contributed by atoms with Crippen molar-refractivity contribution >= 4 is 11.7 Å². The van der Waals surface area contributed by atoms with Gasteiger partial charge in [-0.25, -0.2) is 4.79 Å². The van der Waals surface area contributed by atoms with Crippen LogP contribution in [0.4, 0.5) is 5.69 Å². The number of carboxylic acid groups (broad SMARTS) is 1. The largest absolute Gasteiger partial charge is 0.478 e. The molecule has 0 spiro atoms. The Morgan fingerprint density at radius 1 is 1.56 bits per heavy atom. The highest BCUT2D eigenvalue weighted by molar-refractivity contribution is 5.88. The molecule has 0 aliphatic carbocycles. The molecular weight excluding hydrogens is 202 g/mol. The molecule has 3 heteroatoms. The summed E-state index contributed by atoms with van der Waals surface area (Å²) in [6, 6.07) is 6.98. The molecule has 0 saturated heterocycles. The molecule has 2 N–H and O–H groups in total. The topological polar surface area (TPSA) is 49.3 Å². The summed E-state index contributed by atoms with van der Waals surface area (Å²) in [5.74, 6) is 4.89. The number of hydrogen-bond donors (Lipinski definition) is 2. The number of benzene rings is 1. The Labute approximate surface area is 95.5 Å². The van der Waals surface area contributed by atoms with E-state index in [0.717, 1.165) is 12.1 Å². The van der Waals surface area contributed by atoms with Crippen LogP contribution in [-0.4, -0.2) is 17.1 Å². The molecule has 0 aliphatic heterocycles. The minimum atomic E-state index is -0.912. The van der Waals surface area contributed by atoms with E-state index in [1.54, 1.807) is 25.1 Å². The average Bonchev–Trinajstić information content (AvgIpc) is 2.26. The zero-order chi connectivity index (χ0) is 12.0.